The molecule has 0 spiro atoms. The third-order valence-corrected chi connectivity index (χ3v) is 3.89. The standard InChI is InChI=1S/C15H12BrFN2O/c1-18-13-4-2-3-5-14(13)19(15(18)20)9-10-6-7-11(16)8-12(10)17/h2-8H,9H2,1H3. The molecule has 0 aliphatic rings. The van der Waals surface area contributed by atoms with Crippen LogP contribution in [0.2, 0.25) is 0 Å². The van der Waals surface area contributed by atoms with E-state index < -0.39 is 0 Å². The minimum Gasteiger partial charge on any atom is -0.295 e. The molecule has 102 valence electrons. The Balaban J connectivity index is 2.16. The van der Waals surface area contributed by atoms with Gasteiger partial charge in [-0.25, -0.2) is 9.18 Å². The van der Waals surface area contributed by atoms with Crippen LogP contribution in [0.1, 0.15) is 5.56 Å². The van der Waals surface area contributed by atoms with E-state index in [9.17, 15) is 9.18 Å². The van der Waals surface area contributed by atoms with Gasteiger partial charge in [-0.15, -0.1) is 0 Å². The molecule has 0 saturated heterocycles. The molecule has 0 saturated carbocycles. The predicted molar refractivity (Wildman–Crippen MR) is 80.4 cm³/mol. The fraction of sp³-hybridized carbons (Fsp3) is 0.133. The maximum Gasteiger partial charge on any atom is 0.329 e. The number of hydrogen-bond donors (Lipinski definition) is 0. The summed E-state index contributed by atoms with van der Waals surface area (Å²) >= 11 is 3.23. The number of benzene rings is 2. The number of rotatable bonds is 2. The van der Waals surface area contributed by atoms with Gasteiger partial charge >= 0.3 is 5.69 Å². The SMILES string of the molecule is Cn1c(=O)n(Cc2ccc(Br)cc2F)c2ccccc21. The van der Waals surface area contributed by atoms with Gasteiger partial charge in [0.15, 0.2) is 0 Å². The summed E-state index contributed by atoms with van der Waals surface area (Å²) in [5.74, 6) is -0.320. The lowest BCUT2D eigenvalue weighted by molar-refractivity contribution is 0.596. The molecular weight excluding hydrogens is 323 g/mol. The highest BCUT2D eigenvalue weighted by atomic mass is 79.9. The van der Waals surface area contributed by atoms with E-state index in [1.54, 1.807) is 28.3 Å². The smallest absolute Gasteiger partial charge is 0.295 e. The molecule has 5 heteroatoms. The second-order valence-electron chi connectivity index (χ2n) is 4.65. The van der Waals surface area contributed by atoms with Crippen molar-refractivity contribution in [2.75, 3.05) is 0 Å². The van der Waals surface area contributed by atoms with Crippen LogP contribution < -0.4 is 5.69 Å². The quantitative estimate of drug-likeness (QED) is 0.706. The van der Waals surface area contributed by atoms with Crippen LogP contribution in [0.15, 0.2) is 51.7 Å². The van der Waals surface area contributed by atoms with Gasteiger partial charge in [0.2, 0.25) is 0 Å². The molecule has 0 N–H and O–H groups in total. The van der Waals surface area contributed by atoms with Crippen molar-refractivity contribution in [3.63, 3.8) is 0 Å². The summed E-state index contributed by atoms with van der Waals surface area (Å²) < 4.78 is 17.8. The van der Waals surface area contributed by atoms with E-state index in [1.165, 1.54) is 6.07 Å². The molecule has 3 rings (SSSR count). The lowest BCUT2D eigenvalue weighted by Gasteiger charge is -2.05. The maximum atomic E-state index is 13.9. The lowest BCUT2D eigenvalue weighted by Crippen LogP contribution is -2.23. The fourth-order valence-corrected chi connectivity index (χ4v) is 2.67. The van der Waals surface area contributed by atoms with E-state index in [0.29, 0.717) is 10.0 Å². The van der Waals surface area contributed by atoms with Crippen LogP contribution in [0.4, 0.5) is 4.39 Å². The van der Waals surface area contributed by atoms with Crippen molar-refractivity contribution in [1.29, 1.82) is 0 Å². The third kappa shape index (κ3) is 2.08. The van der Waals surface area contributed by atoms with E-state index in [2.05, 4.69) is 15.9 Å². The molecule has 0 radical (unpaired) electrons. The van der Waals surface area contributed by atoms with Crippen LogP contribution in [0, 0.1) is 5.82 Å². The molecule has 3 nitrogen and oxygen atoms in total. The number of nitrogens with zero attached hydrogens (tertiary/aromatic N) is 2. The average Bonchev–Trinajstić information content (AvgIpc) is 2.67. The zero-order chi connectivity index (χ0) is 14.3. The van der Waals surface area contributed by atoms with Crippen LogP contribution in [0.3, 0.4) is 0 Å². The van der Waals surface area contributed by atoms with Gasteiger partial charge in [0.25, 0.3) is 0 Å². The van der Waals surface area contributed by atoms with Gasteiger partial charge in [0.1, 0.15) is 5.82 Å². The van der Waals surface area contributed by atoms with Crippen molar-refractivity contribution in [3.8, 4) is 0 Å². The number of hydrogen-bond acceptors (Lipinski definition) is 1. The van der Waals surface area contributed by atoms with Gasteiger partial charge in [0, 0.05) is 17.1 Å². The normalized spacial score (nSPS) is 11.2. The number of para-hydroxylation sites is 2. The van der Waals surface area contributed by atoms with Crippen molar-refractivity contribution < 1.29 is 4.39 Å². The fourth-order valence-electron chi connectivity index (χ4n) is 2.34. The van der Waals surface area contributed by atoms with Gasteiger partial charge in [-0.05, 0) is 24.3 Å². The number of halogens is 2. The Morgan fingerprint density at radius 1 is 1.15 bits per heavy atom. The maximum absolute atomic E-state index is 13.9. The molecule has 1 aromatic heterocycles. The molecule has 0 bridgehead atoms. The van der Waals surface area contributed by atoms with Crippen molar-refractivity contribution in [1.82, 2.24) is 9.13 Å². The molecule has 2 aromatic carbocycles. The van der Waals surface area contributed by atoms with Gasteiger partial charge in [0.05, 0.1) is 17.6 Å². The zero-order valence-electron chi connectivity index (χ0n) is 10.8. The Hall–Kier alpha value is -1.88. The molecule has 0 fully saturated rings. The number of aromatic nitrogens is 2. The van der Waals surface area contributed by atoms with Gasteiger partial charge in [-0.2, -0.15) is 0 Å². The average molecular weight is 335 g/mol. The zero-order valence-corrected chi connectivity index (χ0v) is 12.4. The van der Waals surface area contributed by atoms with E-state index >= 15 is 0 Å². The van der Waals surface area contributed by atoms with Crippen LogP contribution in [-0.4, -0.2) is 9.13 Å². The third-order valence-electron chi connectivity index (χ3n) is 3.40. The molecule has 0 aliphatic heterocycles. The summed E-state index contributed by atoms with van der Waals surface area (Å²) in [6.07, 6.45) is 0. The summed E-state index contributed by atoms with van der Waals surface area (Å²) in [7, 11) is 1.72. The Bertz CT molecular complexity index is 851. The van der Waals surface area contributed by atoms with E-state index in [0.717, 1.165) is 11.0 Å². The predicted octanol–water partition coefficient (Wildman–Crippen LogP) is 3.29. The van der Waals surface area contributed by atoms with Crippen LogP contribution in [0.5, 0.6) is 0 Å². The first-order valence-electron chi connectivity index (χ1n) is 6.16. The Morgan fingerprint density at radius 2 is 1.85 bits per heavy atom. The summed E-state index contributed by atoms with van der Waals surface area (Å²) in [5, 5.41) is 0. The highest BCUT2D eigenvalue weighted by Gasteiger charge is 2.12. The van der Waals surface area contributed by atoms with Crippen molar-refractivity contribution in [2.45, 2.75) is 6.54 Å². The number of aryl methyl sites for hydroxylation is 1. The van der Waals surface area contributed by atoms with Crippen LogP contribution in [0.25, 0.3) is 11.0 Å². The first-order valence-corrected chi connectivity index (χ1v) is 6.95. The highest BCUT2D eigenvalue weighted by molar-refractivity contribution is 9.10. The first kappa shape index (κ1) is 13.1. The van der Waals surface area contributed by atoms with Crippen LogP contribution in [-0.2, 0) is 13.6 Å². The number of imidazole rings is 1. The summed E-state index contributed by atoms with van der Waals surface area (Å²) in [5.41, 5.74) is 2.00. The van der Waals surface area contributed by atoms with E-state index in [1.807, 2.05) is 24.3 Å². The first-order chi connectivity index (χ1) is 9.58. The number of fused-ring (bicyclic) bond motifs is 1. The summed E-state index contributed by atoms with van der Waals surface area (Å²) in [6.45, 7) is 0.222. The Morgan fingerprint density at radius 3 is 2.55 bits per heavy atom. The van der Waals surface area contributed by atoms with Gasteiger partial charge in [-0.3, -0.25) is 9.13 Å². The molecule has 0 unspecified atom stereocenters. The Kier molecular flexibility index (Phi) is 3.22. The summed E-state index contributed by atoms with van der Waals surface area (Å²) in [4.78, 5) is 12.3. The minimum absolute atomic E-state index is 0.145. The molecule has 1 heterocycles. The molecular formula is C15H12BrFN2O. The molecule has 0 aliphatic carbocycles. The largest absolute Gasteiger partial charge is 0.329 e. The molecule has 3 aromatic rings. The Labute approximate surface area is 123 Å². The monoisotopic (exact) mass is 334 g/mol. The van der Waals surface area contributed by atoms with Crippen molar-refractivity contribution in [3.05, 3.63) is 68.8 Å². The molecule has 0 atom stereocenters. The van der Waals surface area contributed by atoms with E-state index in [-0.39, 0.29) is 18.1 Å². The van der Waals surface area contributed by atoms with Crippen molar-refractivity contribution in [2.24, 2.45) is 7.05 Å². The van der Waals surface area contributed by atoms with E-state index in [4.69, 9.17) is 0 Å². The van der Waals surface area contributed by atoms with Gasteiger partial charge < -0.3 is 0 Å². The minimum atomic E-state index is -0.320. The second kappa shape index (κ2) is 4.90. The van der Waals surface area contributed by atoms with Crippen molar-refractivity contribution >= 4 is 27.0 Å². The highest BCUT2D eigenvalue weighted by Crippen LogP contribution is 2.18. The second-order valence-corrected chi connectivity index (χ2v) is 5.57. The van der Waals surface area contributed by atoms with Gasteiger partial charge in [-0.1, -0.05) is 34.1 Å². The topological polar surface area (TPSA) is 26.9 Å². The molecule has 20 heavy (non-hydrogen) atoms. The summed E-state index contributed by atoms with van der Waals surface area (Å²) in [6, 6.07) is 12.4. The lowest BCUT2D eigenvalue weighted by atomic mass is 10.2. The van der Waals surface area contributed by atoms with Crippen LogP contribution >= 0.6 is 15.9 Å². The molecule has 0 amide bonds.